The molecule has 2 fully saturated rings. The smallest absolute Gasteiger partial charge is 0.421 e. The van der Waals surface area contributed by atoms with Crippen LogP contribution in [0.15, 0.2) is 145 Å². The van der Waals surface area contributed by atoms with Crippen LogP contribution in [0.3, 0.4) is 0 Å². The second kappa shape index (κ2) is 18.6. The van der Waals surface area contributed by atoms with E-state index in [4.69, 9.17) is 14.2 Å². The van der Waals surface area contributed by atoms with Gasteiger partial charge in [0, 0.05) is 19.2 Å². The Balaban J connectivity index is 1.32. The number of aliphatic hydroxyl groups is 1. The number of methoxy groups -OCH3 is 1. The van der Waals surface area contributed by atoms with E-state index in [-0.39, 0.29) is 36.8 Å². The van der Waals surface area contributed by atoms with Gasteiger partial charge in [0.25, 0.3) is 0 Å². The molecule has 12 nitrogen and oxygen atoms in total. The topological polar surface area (TPSA) is 155 Å². The number of allylic oxidation sites excluding steroid dienone is 2. The molecule has 5 aromatic rings. The number of hydrogen-bond acceptors (Lipinski definition) is 10. The van der Waals surface area contributed by atoms with Gasteiger partial charge in [0.05, 0.1) is 36.4 Å². The minimum atomic E-state index is -2.06. The van der Waals surface area contributed by atoms with Gasteiger partial charge in [-0.3, -0.25) is 19.3 Å². The van der Waals surface area contributed by atoms with Crippen LogP contribution in [0.5, 0.6) is 5.75 Å². The number of imide groups is 1. The molecule has 7 unspecified atom stereocenters. The summed E-state index contributed by atoms with van der Waals surface area (Å²) in [6.07, 6.45) is 2.94. The number of carbonyl (C=O) groups excluding carboxylic acids is 4. The second-order valence-electron chi connectivity index (χ2n) is 16.7. The average Bonchev–Trinajstić information content (AvgIpc) is 3.80. The largest absolute Gasteiger partial charge is 0.508 e. The Hall–Kier alpha value is -7.04. The van der Waals surface area contributed by atoms with Crippen molar-refractivity contribution in [3.63, 3.8) is 0 Å². The minimum absolute atomic E-state index is 0.0440. The van der Waals surface area contributed by atoms with Crippen LogP contribution in [0, 0.1) is 17.8 Å². The van der Waals surface area contributed by atoms with Gasteiger partial charge in [0.1, 0.15) is 29.9 Å². The lowest BCUT2D eigenvalue weighted by atomic mass is 9.65. The van der Waals surface area contributed by atoms with Crippen molar-refractivity contribution in [1.82, 2.24) is 10.2 Å². The fourth-order valence-electron chi connectivity index (χ4n) is 10.1. The summed E-state index contributed by atoms with van der Waals surface area (Å²) in [6.45, 7) is -0.374. The van der Waals surface area contributed by atoms with Gasteiger partial charge in [-0.05, 0) is 89.4 Å². The first-order valence-electron chi connectivity index (χ1n) is 22.0. The first-order valence-corrected chi connectivity index (χ1v) is 22.0. The number of cyclic esters (lactones) is 1. The maximum atomic E-state index is 16.2. The number of nitrogens with one attached hydrogen (secondary N) is 1. The number of morpholine rings is 1. The molecule has 2 saturated heterocycles. The van der Waals surface area contributed by atoms with Crippen molar-refractivity contribution in [1.29, 1.82) is 0 Å². The molecular formula is C53H49N3O9. The highest BCUT2D eigenvalue weighted by Gasteiger charge is 2.75. The Bertz CT molecular complexity index is 2660. The molecule has 4 aliphatic rings. The zero-order chi connectivity index (χ0) is 45.1. The van der Waals surface area contributed by atoms with Crippen molar-refractivity contribution < 1.29 is 43.6 Å². The van der Waals surface area contributed by atoms with Crippen LogP contribution >= 0.6 is 0 Å². The van der Waals surface area contributed by atoms with Crippen LogP contribution < -0.4 is 10.2 Å². The van der Waals surface area contributed by atoms with E-state index in [2.05, 4.69) is 23.2 Å². The number of phenols is 1. The maximum Gasteiger partial charge on any atom is 0.421 e. The number of carbonyl (C=O) groups is 4. The third-order valence-electron chi connectivity index (χ3n) is 13.0. The van der Waals surface area contributed by atoms with Crippen LogP contribution in [0.25, 0.3) is 0 Å². The van der Waals surface area contributed by atoms with E-state index in [9.17, 15) is 15.0 Å². The van der Waals surface area contributed by atoms with Crippen molar-refractivity contribution in [3.8, 4) is 17.6 Å². The van der Waals surface area contributed by atoms with Crippen molar-refractivity contribution in [2.24, 2.45) is 5.92 Å². The number of benzene rings is 5. The number of phenolic OH excluding ortho intramolecular Hbond substituents is 1. The number of fused-ring (bicyclic) bond motifs is 3. The Kier molecular flexibility index (Phi) is 12.4. The van der Waals surface area contributed by atoms with E-state index in [1.54, 1.807) is 54.6 Å². The monoisotopic (exact) mass is 871 g/mol. The van der Waals surface area contributed by atoms with E-state index in [0.29, 0.717) is 22.3 Å². The van der Waals surface area contributed by atoms with E-state index in [1.165, 1.54) is 19.2 Å². The number of aliphatic hydroxyl groups excluding tert-OH is 1. The molecule has 0 saturated carbocycles. The number of ether oxygens (including phenoxy) is 3. The molecule has 3 amide bonds. The summed E-state index contributed by atoms with van der Waals surface area (Å²) in [5, 5.41) is 25.0. The van der Waals surface area contributed by atoms with Gasteiger partial charge in [-0.15, -0.1) is 0 Å². The number of anilines is 1. The van der Waals surface area contributed by atoms with Crippen LogP contribution in [0.2, 0.25) is 0 Å². The first kappa shape index (κ1) is 43.2. The van der Waals surface area contributed by atoms with Gasteiger partial charge >= 0.3 is 12.1 Å². The van der Waals surface area contributed by atoms with Crippen LogP contribution in [-0.4, -0.2) is 71.9 Å². The van der Waals surface area contributed by atoms with Gasteiger partial charge in [-0.2, -0.15) is 0 Å². The molecule has 7 atom stereocenters. The number of nitrogens with zero attached hydrogens (tertiary/aromatic N) is 2. The van der Waals surface area contributed by atoms with Gasteiger partial charge in [-0.25, -0.2) is 9.69 Å². The highest BCUT2D eigenvalue weighted by molar-refractivity contribution is 6.23. The SMILES string of the molecule is COCCOC(=O)N1C(=O)C2(c3cc(C#CC4=CCCCC4)ccc31)C(C(=O)NCC(O)c1ccccc1)C1C(=O)OC(c3ccccc3)C(c3ccccc3)N1C2c1ccc(O)cc1. The van der Waals surface area contributed by atoms with Crippen LogP contribution in [0.1, 0.15) is 83.4 Å². The standard InChI is InChI=1S/C53H49N3O9/c1-63-30-31-64-52(62)55-42-29-24-35(23-22-34-14-6-2-7-15-34)32-41(42)53(51(55)61)44(49(59)54-33-43(58)36-16-8-3-9-17-36)46-50(60)65-47(38-20-12-5-13-21-38)45(37-18-10-4-11-19-37)56(46)48(53)39-25-27-40(57)28-26-39/h3-5,8-14,16-21,24-29,32,43-48,57-58H,2,6-7,15,30-31,33H2,1H3,(H,54,59). The number of hydrogen-bond donors (Lipinski definition) is 3. The van der Waals surface area contributed by atoms with Crippen LogP contribution in [-0.2, 0) is 34.0 Å². The Morgan fingerprint density at radius 3 is 2.20 bits per heavy atom. The normalized spacial score (nSPS) is 23.9. The van der Waals surface area contributed by atoms with Crippen molar-refractivity contribution in [2.75, 3.05) is 31.8 Å². The quantitative estimate of drug-likeness (QED) is 0.0729. The van der Waals surface area contributed by atoms with Crippen molar-refractivity contribution in [2.45, 2.75) is 61.4 Å². The highest BCUT2D eigenvalue weighted by Crippen LogP contribution is 2.66. The predicted molar refractivity (Wildman–Crippen MR) is 241 cm³/mol. The maximum absolute atomic E-state index is 16.2. The molecule has 65 heavy (non-hydrogen) atoms. The van der Waals surface area contributed by atoms with Crippen molar-refractivity contribution >= 4 is 29.6 Å². The lowest BCUT2D eigenvalue weighted by Crippen LogP contribution is -2.56. The third kappa shape index (κ3) is 7.97. The number of amides is 3. The molecule has 3 heterocycles. The van der Waals surface area contributed by atoms with E-state index in [1.807, 2.05) is 71.6 Å². The molecule has 3 N–H and O–H groups in total. The fourth-order valence-corrected chi connectivity index (χ4v) is 10.1. The molecule has 0 radical (unpaired) electrons. The van der Waals surface area contributed by atoms with Gasteiger partial charge in [-0.1, -0.05) is 121 Å². The zero-order valence-corrected chi connectivity index (χ0v) is 35.8. The molecule has 12 heteroatoms. The summed E-state index contributed by atoms with van der Waals surface area (Å²) in [4.78, 5) is 64.3. The Labute approximate surface area is 377 Å². The molecule has 9 rings (SSSR count). The number of aromatic hydroxyl groups is 1. The predicted octanol–water partition coefficient (Wildman–Crippen LogP) is 7.54. The summed E-state index contributed by atoms with van der Waals surface area (Å²) < 4.78 is 17.4. The third-order valence-corrected chi connectivity index (χ3v) is 13.0. The van der Waals surface area contributed by atoms with Crippen molar-refractivity contribution in [3.05, 3.63) is 178 Å². The lowest BCUT2D eigenvalue weighted by Gasteiger charge is -2.46. The highest BCUT2D eigenvalue weighted by atomic mass is 16.6. The summed E-state index contributed by atoms with van der Waals surface area (Å²) in [5.74, 6) is 2.71. The molecule has 1 spiro atoms. The minimum Gasteiger partial charge on any atom is -0.508 e. The Morgan fingerprint density at radius 1 is 0.831 bits per heavy atom. The second-order valence-corrected chi connectivity index (χ2v) is 16.7. The van der Waals surface area contributed by atoms with Gasteiger partial charge < -0.3 is 29.7 Å². The molecule has 0 bridgehead atoms. The molecular weight excluding hydrogens is 823 g/mol. The zero-order valence-electron chi connectivity index (χ0n) is 35.8. The van der Waals surface area contributed by atoms with Gasteiger partial charge in [0.15, 0.2) is 0 Å². The summed E-state index contributed by atoms with van der Waals surface area (Å²) in [6, 6.07) is 35.6. The fraction of sp³-hybridized carbons (Fsp3) is 0.283. The van der Waals surface area contributed by atoms with E-state index < -0.39 is 65.5 Å². The van der Waals surface area contributed by atoms with E-state index in [0.717, 1.165) is 41.7 Å². The lowest BCUT2D eigenvalue weighted by molar-refractivity contribution is -0.178. The molecule has 5 aromatic carbocycles. The summed E-state index contributed by atoms with van der Waals surface area (Å²) >= 11 is 0. The number of rotatable bonds is 10. The van der Waals surface area contributed by atoms with E-state index >= 15 is 14.4 Å². The number of esters is 1. The molecule has 1 aliphatic carbocycles. The molecule has 330 valence electrons. The molecule has 0 aromatic heterocycles. The van der Waals surface area contributed by atoms with Crippen LogP contribution in [0.4, 0.5) is 10.5 Å². The summed E-state index contributed by atoms with van der Waals surface area (Å²) in [7, 11) is 1.46. The Morgan fingerprint density at radius 2 is 1.52 bits per heavy atom. The average molecular weight is 872 g/mol. The first-order chi connectivity index (χ1) is 31.7. The molecule has 3 aliphatic heterocycles. The summed E-state index contributed by atoms with van der Waals surface area (Å²) in [5.41, 5.74) is 2.35. The van der Waals surface area contributed by atoms with Gasteiger partial charge in [0.2, 0.25) is 11.8 Å².